The maximum atomic E-state index is 9.87. The molecule has 0 aromatic heterocycles. The second kappa shape index (κ2) is 9.70. The molecule has 4 N–H and O–H groups in total. The minimum atomic E-state index is -1.04. The van der Waals surface area contributed by atoms with Crippen molar-refractivity contribution in [1.29, 1.82) is 0 Å². The maximum Gasteiger partial charge on any atom is 0.110 e. The minimum absolute atomic E-state index is 0.264. The van der Waals surface area contributed by atoms with Crippen molar-refractivity contribution in [3.8, 4) is 0 Å². The second-order valence-corrected chi connectivity index (χ2v) is 9.06. The number of rotatable bonds is 9. The van der Waals surface area contributed by atoms with Gasteiger partial charge in [0.1, 0.15) is 5.72 Å². The Kier molecular flexibility index (Phi) is 8.59. The summed E-state index contributed by atoms with van der Waals surface area (Å²) in [5.74, 6) is 0.628. The fraction of sp³-hybridized carbons (Fsp3) is 0.727. The molecule has 25 heavy (non-hydrogen) atoms. The molecule has 3 heteroatoms. The van der Waals surface area contributed by atoms with E-state index in [1.807, 2.05) is 0 Å². The van der Waals surface area contributed by atoms with Gasteiger partial charge in [-0.1, -0.05) is 57.6 Å². The highest BCUT2D eigenvalue weighted by Gasteiger charge is 2.21. The SMILES string of the molecule is C=C1CC/C(=C/C=C/CC(C)(C)C[C@@H](C)CCCC(C)(N)O)C[C@H]1O. The third kappa shape index (κ3) is 9.98. The monoisotopic (exact) mass is 349 g/mol. The number of aliphatic hydroxyl groups is 2. The Bertz CT molecular complexity index is 483. The molecule has 1 rings (SSSR count). The van der Waals surface area contributed by atoms with E-state index in [0.29, 0.717) is 12.3 Å². The summed E-state index contributed by atoms with van der Waals surface area (Å²) in [4.78, 5) is 0. The van der Waals surface area contributed by atoms with E-state index < -0.39 is 5.72 Å². The molecule has 0 aromatic carbocycles. The Balaban J connectivity index is 2.35. The van der Waals surface area contributed by atoms with Crippen LogP contribution in [0.15, 0.2) is 36.0 Å². The molecule has 0 aromatic rings. The first-order chi connectivity index (χ1) is 11.5. The van der Waals surface area contributed by atoms with E-state index in [1.54, 1.807) is 6.92 Å². The Hall–Kier alpha value is -0.900. The van der Waals surface area contributed by atoms with Crippen molar-refractivity contribution in [2.24, 2.45) is 17.1 Å². The van der Waals surface area contributed by atoms with Gasteiger partial charge in [0.05, 0.1) is 6.10 Å². The lowest BCUT2D eigenvalue weighted by Gasteiger charge is -2.27. The average molecular weight is 350 g/mol. The Morgan fingerprint density at radius 1 is 1.32 bits per heavy atom. The van der Waals surface area contributed by atoms with E-state index in [0.717, 1.165) is 44.1 Å². The van der Waals surface area contributed by atoms with Crippen LogP contribution in [0.5, 0.6) is 0 Å². The van der Waals surface area contributed by atoms with Crippen LogP contribution >= 0.6 is 0 Å². The normalized spacial score (nSPS) is 24.7. The van der Waals surface area contributed by atoms with Crippen LogP contribution in [-0.2, 0) is 0 Å². The highest BCUT2D eigenvalue weighted by atomic mass is 16.3. The summed E-state index contributed by atoms with van der Waals surface area (Å²) in [6.45, 7) is 12.5. The molecule has 0 saturated heterocycles. The van der Waals surface area contributed by atoms with Gasteiger partial charge in [-0.25, -0.2) is 0 Å². The molecule has 144 valence electrons. The van der Waals surface area contributed by atoms with Gasteiger partial charge in [0.2, 0.25) is 0 Å². The van der Waals surface area contributed by atoms with Gasteiger partial charge < -0.3 is 15.9 Å². The van der Waals surface area contributed by atoms with E-state index in [-0.39, 0.29) is 11.5 Å². The summed E-state index contributed by atoms with van der Waals surface area (Å²) in [7, 11) is 0. The van der Waals surface area contributed by atoms with Crippen molar-refractivity contribution in [2.45, 2.75) is 90.9 Å². The molecule has 0 heterocycles. The first-order valence-electron chi connectivity index (χ1n) is 9.70. The van der Waals surface area contributed by atoms with Gasteiger partial charge >= 0.3 is 0 Å². The molecule has 1 aliphatic rings. The smallest absolute Gasteiger partial charge is 0.110 e. The molecule has 3 atom stereocenters. The fourth-order valence-electron chi connectivity index (χ4n) is 3.66. The van der Waals surface area contributed by atoms with E-state index >= 15 is 0 Å². The molecule has 0 aliphatic heterocycles. The first kappa shape index (κ1) is 22.1. The summed E-state index contributed by atoms with van der Waals surface area (Å²) in [6.07, 6.45) is 13.8. The van der Waals surface area contributed by atoms with E-state index in [4.69, 9.17) is 5.73 Å². The molecule has 3 nitrogen and oxygen atoms in total. The lowest BCUT2D eigenvalue weighted by molar-refractivity contribution is 0.0535. The van der Waals surface area contributed by atoms with Gasteiger partial charge in [0.25, 0.3) is 0 Å². The van der Waals surface area contributed by atoms with Crippen molar-refractivity contribution in [2.75, 3.05) is 0 Å². The zero-order valence-electron chi connectivity index (χ0n) is 16.7. The van der Waals surface area contributed by atoms with Crippen LogP contribution in [0.2, 0.25) is 0 Å². The van der Waals surface area contributed by atoms with Crippen molar-refractivity contribution < 1.29 is 10.2 Å². The molecule has 1 saturated carbocycles. The molecule has 0 spiro atoms. The lowest BCUT2D eigenvalue weighted by Crippen LogP contribution is -2.35. The molecule has 1 unspecified atom stereocenters. The van der Waals surface area contributed by atoms with Crippen LogP contribution in [-0.4, -0.2) is 22.0 Å². The highest BCUT2D eigenvalue weighted by Crippen LogP contribution is 2.32. The summed E-state index contributed by atoms with van der Waals surface area (Å²) in [5, 5.41) is 19.5. The van der Waals surface area contributed by atoms with E-state index in [2.05, 4.69) is 45.6 Å². The van der Waals surface area contributed by atoms with Crippen LogP contribution in [0.4, 0.5) is 0 Å². The summed E-state index contributed by atoms with van der Waals surface area (Å²) in [5.41, 5.74) is 7.14. The highest BCUT2D eigenvalue weighted by molar-refractivity contribution is 5.22. The molecular formula is C22H39NO2. The largest absolute Gasteiger partial charge is 0.388 e. The first-order valence-corrected chi connectivity index (χ1v) is 9.70. The number of hydrogen-bond acceptors (Lipinski definition) is 3. The van der Waals surface area contributed by atoms with Crippen LogP contribution in [0.1, 0.15) is 79.1 Å². The Labute approximate surface area is 154 Å². The van der Waals surface area contributed by atoms with Crippen molar-refractivity contribution in [1.82, 2.24) is 0 Å². The number of hydrogen-bond donors (Lipinski definition) is 3. The zero-order chi connectivity index (χ0) is 19.1. The van der Waals surface area contributed by atoms with Gasteiger partial charge in [0, 0.05) is 0 Å². The Morgan fingerprint density at radius 2 is 2.00 bits per heavy atom. The third-order valence-electron chi connectivity index (χ3n) is 5.11. The minimum Gasteiger partial charge on any atom is -0.388 e. The van der Waals surface area contributed by atoms with Crippen LogP contribution < -0.4 is 5.73 Å². The molecular weight excluding hydrogens is 310 g/mol. The zero-order valence-corrected chi connectivity index (χ0v) is 16.7. The van der Waals surface area contributed by atoms with Crippen molar-refractivity contribution >= 4 is 0 Å². The number of aliphatic hydroxyl groups excluding tert-OH is 1. The average Bonchev–Trinajstić information content (AvgIpc) is 2.45. The van der Waals surface area contributed by atoms with Crippen LogP contribution in [0.3, 0.4) is 0 Å². The van der Waals surface area contributed by atoms with Gasteiger partial charge in [-0.2, -0.15) is 0 Å². The predicted octanol–water partition coefficient (Wildman–Crippen LogP) is 4.85. The quantitative estimate of drug-likeness (QED) is 0.412. The molecule has 1 aliphatic carbocycles. The maximum absolute atomic E-state index is 9.87. The van der Waals surface area contributed by atoms with Gasteiger partial charge in [-0.15, -0.1) is 0 Å². The standard InChI is InChI=1S/C22H39NO2/c1-17(9-8-14-22(5,23)25)16-21(3,4)13-7-6-10-19-12-11-18(2)20(24)15-19/h6-7,10,17,20,24-25H,2,8-9,11-16,23H2,1,3-5H3/b7-6+,19-10-/t17-,20+,22?/m0/s1. The summed E-state index contributed by atoms with van der Waals surface area (Å²) in [6, 6.07) is 0. The summed E-state index contributed by atoms with van der Waals surface area (Å²) < 4.78 is 0. The second-order valence-electron chi connectivity index (χ2n) is 9.06. The van der Waals surface area contributed by atoms with Crippen LogP contribution in [0.25, 0.3) is 0 Å². The number of allylic oxidation sites excluding steroid dienone is 3. The van der Waals surface area contributed by atoms with Crippen LogP contribution in [0, 0.1) is 11.3 Å². The molecule has 0 amide bonds. The van der Waals surface area contributed by atoms with Gasteiger partial charge in [-0.3, -0.25) is 0 Å². The number of nitrogens with two attached hydrogens (primary N) is 1. The predicted molar refractivity (Wildman–Crippen MR) is 107 cm³/mol. The lowest BCUT2D eigenvalue weighted by atomic mass is 9.79. The van der Waals surface area contributed by atoms with Crippen molar-refractivity contribution in [3.05, 3.63) is 36.0 Å². The third-order valence-corrected chi connectivity index (χ3v) is 5.11. The fourth-order valence-corrected chi connectivity index (χ4v) is 3.66. The van der Waals surface area contributed by atoms with Gasteiger partial charge in [0.15, 0.2) is 0 Å². The van der Waals surface area contributed by atoms with E-state index in [9.17, 15) is 10.2 Å². The van der Waals surface area contributed by atoms with Crippen molar-refractivity contribution in [3.63, 3.8) is 0 Å². The van der Waals surface area contributed by atoms with E-state index in [1.165, 1.54) is 12.0 Å². The van der Waals surface area contributed by atoms with Gasteiger partial charge in [-0.05, 0) is 68.8 Å². The Morgan fingerprint density at radius 3 is 2.60 bits per heavy atom. The molecule has 0 bridgehead atoms. The molecule has 0 radical (unpaired) electrons. The summed E-state index contributed by atoms with van der Waals surface area (Å²) >= 11 is 0. The molecule has 1 fully saturated rings. The topological polar surface area (TPSA) is 66.5 Å².